The molecule has 0 saturated heterocycles. The molecule has 1 heterocycles. The monoisotopic (exact) mass is 339 g/mol. The number of hydrogen-bond acceptors (Lipinski definition) is 2. The average molecular weight is 339 g/mol. The molecule has 0 aliphatic rings. The second kappa shape index (κ2) is 7.07. The van der Waals surface area contributed by atoms with Crippen LogP contribution < -0.4 is 5.32 Å². The van der Waals surface area contributed by atoms with Gasteiger partial charge >= 0.3 is 0 Å². The van der Waals surface area contributed by atoms with Crippen molar-refractivity contribution in [3.05, 3.63) is 90.5 Å². The van der Waals surface area contributed by atoms with E-state index in [1.54, 1.807) is 6.08 Å². The first kappa shape index (κ1) is 15.8. The van der Waals surface area contributed by atoms with E-state index >= 15 is 0 Å². The molecule has 0 aliphatic carbocycles. The van der Waals surface area contributed by atoms with E-state index in [1.165, 1.54) is 6.08 Å². The molecule has 0 radical (unpaired) electrons. The Hall–Kier alpha value is -3.66. The lowest BCUT2D eigenvalue weighted by Gasteiger charge is -2.04. The van der Waals surface area contributed by atoms with Gasteiger partial charge in [-0.1, -0.05) is 54.6 Å². The van der Waals surface area contributed by atoms with E-state index in [4.69, 9.17) is 0 Å². The molecular weight excluding hydrogens is 322 g/mol. The van der Waals surface area contributed by atoms with Crippen LogP contribution in [0.1, 0.15) is 5.56 Å². The van der Waals surface area contributed by atoms with Crippen LogP contribution in [-0.4, -0.2) is 15.9 Å². The number of carbonyl (C=O) groups is 1. The van der Waals surface area contributed by atoms with E-state index in [0.717, 1.165) is 33.7 Å². The molecule has 1 amide bonds. The molecule has 0 unspecified atom stereocenters. The van der Waals surface area contributed by atoms with Crippen LogP contribution >= 0.6 is 0 Å². The number of nitrogens with one attached hydrogen (secondary N) is 2. The number of aromatic nitrogens is 2. The number of hydrogen-bond donors (Lipinski definition) is 2. The van der Waals surface area contributed by atoms with Gasteiger partial charge in [-0.3, -0.25) is 4.79 Å². The number of carbonyl (C=O) groups excluding carboxylic acids is 1. The van der Waals surface area contributed by atoms with Gasteiger partial charge in [0.2, 0.25) is 5.91 Å². The Morgan fingerprint density at radius 3 is 2.58 bits per heavy atom. The Morgan fingerprint density at radius 2 is 1.73 bits per heavy atom. The van der Waals surface area contributed by atoms with Crippen LogP contribution in [0.2, 0.25) is 0 Å². The van der Waals surface area contributed by atoms with E-state index in [2.05, 4.69) is 15.3 Å². The van der Waals surface area contributed by atoms with E-state index in [1.807, 2.05) is 78.9 Å². The topological polar surface area (TPSA) is 57.8 Å². The molecule has 2 N–H and O–H groups in total. The number of fused-ring (bicyclic) bond motifs is 1. The van der Waals surface area contributed by atoms with Gasteiger partial charge in [0.15, 0.2) is 0 Å². The molecule has 0 atom stereocenters. The lowest BCUT2D eigenvalue weighted by atomic mass is 10.2. The number of anilines is 1. The average Bonchev–Trinajstić information content (AvgIpc) is 3.12. The van der Waals surface area contributed by atoms with Gasteiger partial charge in [-0.25, -0.2) is 4.98 Å². The molecule has 4 heteroatoms. The summed E-state index contributed by atoms with van der Waals surface area (Å²) in [4.78, 5) is 20.1. The minimum atomic E-state index is -0.171. The Kier molecular flexibility index (Phi) is 4.31. The number of aromatic amines is 1. The van der Waals surface area contributed by atoms with Crippen molar-refractivity contribution in [1.82, 2.24) is 9.97 Å². The first-order chi connectivity index (χ1) is 12.8. The smallest absolute Gasteiger partial charge is 0.248 e. The lowest BCUT2D eigenvalue weighted by Crippen LogP contribution is -2.07. The Bertz CT molecular complexity index is 1050. The van der Waals surface area contributed by atoms with Gasteiger partial charge in [-0.15, -0.1) is 0 Å². The molecule has 0 spiro atoms. The predicted octanol–water partition coefficient (Wildman–Crippen LogP) is 4.88. The third-order valence-electron chi connectivity index (χ3n) is 4.02. The Balaban J connectivity index is 1.52. The highest BCUT2D eigenvalue weighted by atomic mass is 16.1. The van der Waals surface area contributed by atoms with Crippen molar-refractivity contribution in [1.29, 1.82) is 0 Å². The molecule has 26 heavy (non-hydrogen) atoms. The van der Waals surface area contributed by atoms with Crippen LogP contribution in [0.4, 0.5) is 5.69 Å². The summed E-state index contributed by atoms with van der Waals surface area (Å²) in [5, 5.41) is 2.89. The molecule has 4 rings (SSSR count). The summed E-state index contributed by atoms with van der Waals surface area (Å²) in [7, 11) is 0. The van der Waals surface area contributed by atoms with Crippen LogP contribution in [0.25, 0.3) is 28.5 Å². The molecule has 0 bridgehead atoms. The summed E-state index contributed by atoms with van der Waals surface area (Å²) in [5.74, 6) is 0.609. The molecule has 0 fully saturated rings. The number of amides is 1. The minimum absolute atomic E-state index is 0.171. The van der Waals surface area contributed by atoms with Crippen LogP contribution in [0.5, 0.6) is 0 Å². The van der Waals surface area contributed by atoms with Crippen LogP contribution in [0, 0.1) is 0 Å². The first-order valence-electron chi connectivity index (χ1n) is 8.37. The van der Waals surface area contributed by atoms with E-state index in [9.17, 15) is 4.79 Å². The van der Waals surface area contributed by atoms with Gasteiger partial charge in [0.25, 0.3) is 0 Å². The maximum Gasteiger partial charge on any atom is 0.248 e. The lowest BCUT2D eigenvalue weighted by molar-refractivity contribution is -0.111. The zero-order chi connectivity index (χ0) is 17.8. The number of imidazole rings is 1. The standard InChI is InChI=1S/C22H17N3O/c26-21(14-13-16-7-2-1-3-8-16)23-18-10-6-9-17(15-18)22-24-19-11-4-5-12-20(19)25-22/h1-15H,(H,23,26)(H,24,25). The van der Waals surface area contributed by atoms with Crippen molar-refractivity contribution in [3.8, 4) is 11.4 Å². The SMILES string of the molecule is O=C(C=Cc1ccccc1)Nc1cccc(-c2nc3ccccc3[nH]2)c1. The third-order valence-corrected chi connectivity index (χ3v) is 4.02. The fourth-order valence-electron chi connectivity index (χ4n) is 2.75. The number of nitrogens with zero attached hydrogens (tertiary/aromatic N) is 1. The molecule has 1 aromatic heterocycles. The summed E-state index contributed by atoms with van der Waals surface area (Å²) in [6.45, 7) is 0. The van der Waals surface area contributed by atoms with Crippen molar-refractivity contribution in [3.63, 3.8) is 0 Å². The highest BCUT2D eigenvalue weighted by Gasteiger charge is 2.06. The highest BCUT2D eigenvalue weighted by Crippen LogP contribution is 2.23. The summed E-state index contributed by atoms with van der Waals surface area (Å²) in [6, 6.07) is 25.3. The molecule has 4 nitrogen and oxygen atoms in total. The molecule has 0 aliphatic heterocycles. The third kappa shape index (κ3) is 3.54. The van der Waals surface area contributed by atoms with Crippen LogP contribution in [0.3, 0.4) is 0 Å². The normalized spacial score (nSPS) is 11.1. The van der Waals surface area contributed by atoms with E-state index in [0.29, 0.717) is 0 Å². The predicted molar refractivity (Wildman–Crippen MR) is 106 cm³/mol. The fourth-order valence-corrected chi connectivity index (χ4v) is 2.75. The van der Waals surface area contributed by atoms with E-state index < -0.39 is 0 Å². The van der Waals surface area contributed by atoms with Gasteiger partial charge in [0, 0.05) is 17.3 Å². The highest BCUT2D eigenvalue weighted by molar-refractivity contribution is 6.02. The Morgan fingerprint density at radius 1 is 0.923 bits per heavy atom. The Labute approximate surface area is 151 Å². The quantitative estimate of drug-likeness (QED) is 0.521. The molecule has 126 valence electrons. The number of benzene rings is 3. The van der Waals surface area contributed by atoms with Gasteiger partial charge < -0.3 is 10.3 Å². The first-order valence-corrected chi connectivity index (χ1v) is 8.37. The van der Waals surface area contributed by atoms with Gasteiger partial charge in [-0.2, -0.15) is 0 Å². The van der Waals surface area contributed by atoms with Gasteiger partial charge in [0.05, 0.1) is 11.0 Å². The number of para-hydroxylation sites is 2. The number of H-pyrrole nitrogens is 1. The zero-order valence-electron chi connectivity index (χ0n) is 14.0. The maximum absolute atomic E-state index is 12.2. The minimum Gasteiger partial charge on any atom is -0.338 e. The summed E-state index contributed by atoms with van der Waals surface area (Å²) in [6.07, 6.45) is 3.32. The fraction of sp³-hybridized carbons (Fsp3) is 0. The van der Waals surface area contributed by atoms with Crippen molar-refractivity contribution >= 4 is 28.7 Å². The van der Waals surface area contributed by atoms with Gasteiger partial charge in [0.1, 0.15) is 5.82 Å². The van der Waals surface area contributed by atoms with Crippen molar-refractivity contribution < 1.29 is 4.79 Å². The molecular formula is C22H17N3O. The second-order valence-corrected chi connectivity index (χ2v) is 5.92. The van der Waals surface area contributed by atoms with Gasteiger partial charge in [-0.05, 0) is 35.9 Å². The van der Waals surface area contributed by atoms with Crippen LogP contribution in [-0.2, 0) is 4.79 Å². The largest absolute Gasteiger partial charge is 0.338 e. The van der Waals surface area contributed by atoms with Crippen LogP contribution in [0.15, 0.2) is 84.9 Å². The summed E-state index contributed by atoms with van der Waals surface area (Å²) in [5.41, 5.74) is 4.54. The molecule has 3 aromatic carbocycles. The molecule has 4 aromatic rings. The van der Waals surface area contributed by atoms with Crippen molar-refractivity contribution in [2.24, 2.45) is 0 Å². The summed E-state index contributed by atoms with van der Waals surface area (Å²) < 4.78 is 0. The van der Waals surface area contributed by atoms with E-state index in [-0.39, 0.29) is 5.91 Å². The maximum atomic E-state index is 12.2. The zero-order valence-corrected chi connectivity index (χ0v) is 14.0. The summed E-state index contributed by atoms with van der Waals surface area (Å²) >= 11 is 0. The van der Waals surface area contributed by atoms with Crippen molar-refractivity contribution in [2.45, 2.75) is 0 Å². The second-order valence-electron chi connectivity index (χ2n) is 5.92. The number of rotatable bonds is 4. The molecule has 0 saturated carbocycles. The van der Waals surface area contributed by atoms with Crippen molar-refractivity contribution in [2.75, 3.05) is 5.32 Å².